The summed E-state index contributed by atoms with van der Waals surface area (Å²) in [6.45, 7) is 0.282. The second kappa shape index (κ2) is 11.7. The van der Waals surface area contributed by atoms with Crippen molar-refractivity contribution in [1.82, 2.24) is 10.2 Å². The number of nitrogens with one attached hydrogen (secondary N) is 2. The zero-order chi connectivity index (χ0) is 30.0. The number of likely N-dealkylation sites (tertiary alicyclic amines) is 1. The van der Waals surface area contributed by atoms with E-state index in [0.29, 0.717) is 30.6 Å². The molecule has 0 bridgehead atoms. The third-order valence-electron chi connectivity index (χ3n) is 7.52. The first-order valence-corrected chi connectivity index (χ1v) is 13.6. The Kier molecular flexibility index (Phi) is 8.04. The van der Waals surface area contributed by atoms with Crippen molar-refractivity contribution in [2.24, 2.45) is 0 Å². The number of nitrogens with zero attached hydrogens (tertiary/aromatic N) is 2. The smallest absolute Gasteiger partial charge is 0.412 e. The van der Waals surface area contributed by atoms with Gasteiger partial charge in [0.25, 0.3) is 5.91 Å². The van der Waals surface area contributed by atoms with Gasteiger partial charge >= 0.3 is 12.2 Å². The number of piperidine rings is 1. The third-order valence-corrected chi connectivity index (χ3v) is 7.74. The van der Waals surface area contributed by atoms with Crippen LogP contribution in [0.15, 0.2) is 66.7 Å². The molecule has 2 atom stereocenters. The molecule has 1 spiro atoms. The van der Waals surface area contributed by atoms with Gasteiger partial charge in [0.2, 0.25) is 5.91 Å². The summed E-state index contributed by atoms with van der Waals surface area (Å²) in [5.41, 5.74) is 0.433. The number of fused-ring (bicyclic) bond motifs is 2. The number of carbonyl (C=O) groups excluding carboxylic acids is 3. The second-order valence-corrected chi connectivity index (χ2v) is 10.7. The highest BCUT2D eigenvalue weighted by molar-refractivity contribution is 6.30. The molecular weight excluding hydrogens is 567 g/mol. The van der Waals surface area contributed by atoms with Gasteiger partial charge in [-0.1, -0.05) is 41.9 Å². The van der Waals surface area contributed by atoms with Gasteiger partial charge < -0.3 is 20.1 Å². The second-order valence-electron chi connectivity index (χ2n) is 10.3. The lowest BCUT2D eigenvalue weighted by molar-refractivity contribution is -0.141. The summed E-state index contributed by atoms with van der Waals surface area (Å²) in [7, 11) is 1.39. The molecular formula is C30H28ClFN4O6. The molecule has 3 aromatic carbocycles. The molecule has 2 aliphatic rings. The third kappa shape index (κ3) is 5.87. The Hall–Kier alpha value is -4.64. The summed E-state index contributed by atoms with van der Waals surface area (Å²) >= 11 is 6.15. The molecule has 0 unspecified atom stereocenters. The predicted molar refractivity (Wildman–Crippen MR) is 153 cm³/mol. The molecule has 4 amide bonds. The zero-order valence-electron chi connectivity index (χ0n) is 22.6. The first-order chi connectivity index (χ1) is 20.1. The molecule has 12 heteroatoms. The maximum absolute atomic E-state index is 14.8. The number of halogens is 2. The fraction of sp³-hybridized carbons (Fsp3) is 0.267. The van der Waals surface area contributed by atoms with Crippen LogP contribution in [0.3, 0.4) is 0 Å². The molecule has 0 saturated carbocycles. The highest BCUT2D eigenvalue weighted by Gasteiger charge is 2.48. The van der Waals surface area contributed by atoms with E-state index in [1.54, 1.807) is 0 Å². The van der Waals surface area contributed by atoms with E-state index in [1.807, 2.05) is 30.3 Å². The van der Waals surface area contributed by atoms with Crippen molar-refractivity contribution in [1.29, 1.82) is 0 Å². The number of carbonyl (C=O) groups is 4. The van der Waals surface area contributed by atoms with E-state index >= 15 is 0 Å². The lowest BCUT2D eigenvalue weighted by atomic mass is 9.83. The van der Waals surface area contributed by atoms with Crippen LogP contribution in [0.25, 0.3) is 0 Å². The number of hydrogen-bond donors (Lipinski definition) is 3. The van der Waals surface area contributed by atoms with Gasteiger partial charge in [-0.2, -0.15) is 0 Å². The maximum Gasteiger partial charge on any atom is 0.412 e. The summed E-state index contributed by atoms with van der Waals surface area (Å²) < 4.78 is 20.5. The molecule has 42 heavy (non-hydrogen) atoms. The van der Waals surface area contributed by atoms with E-state index in [-0.39, 0.29) is 29.2 Å². The number of hydrogen-bond acceptors (Lipinski definition) is 5. The Bertz CT molecular complexity index is 1540. The quantitative estimate of drug-likeness (QED) is 0.368. The van der Waals surface area contributed by atoms with Crippen molar-refractivity contribution < 1.29 is 33.4 Å². The van der Waals surface area contributed by atoms with Crippen LogP contribution < -0.4 is 15.5 Å². The van der Waals surface area contributed by atoms with E-state index in [1.165, 1.54) is 42.3 Å². The first-order valence-electron chi connectivity index (χ1n) is 13.3. The predicted octanol–water partition coefficient (Wildman–Crippen LogP) is 5.01. The van der Waals surface area contributed by atoms with Crippen molar-refractivity contribution in [2.75, 3.05) is 30.4 Å². The number of amides is 4. The van der Waals surface area contributed by atoms with Crippen molar-refractivity contribution in [3.05, 3.63) is 94.3 Å². The fourth-order valence-electron chi connectivity index (χ4n) is 5.39. The highest BCUT2D eigenvalue weighted by Crippen LogP contribution is 2.44. The zero-order valence-corrected chi connectivity index (χ0v) is 23.4. The molecule has 218 valence electrons. The molecule has 2 heterocycles. The molecule has 2 aliphatic heterocycles. The molecule has 0 radical (unpaired) electrons. The highest BCUT2D eigenvalue weighted by atomic mass is 35.5. The summed E-state index contributed by atoms with van der Waals surface area (Å²) in [4.78, 5) is 53.5. The summed E-state index contributed by atoms with van der Waals surface area (Å²) in [5, 5.41) is 14.5. The van der Waals surface area contributed by atoms with Gasteiger partial charge in [-0.15, -0.1) is 0 Å². The fourth-order valence-corrected chi connectivity index (χ4v) is 5.60. The van der Waals surface area contributed by atoms with Crippen LogP contribution in [-0.2, 0) is 21.6 Å². The minimum atomic E-state index is -1.31. The molecule has 5 rings (SSSR count). The minimum absolute atomic E-state index is 0.0314. The standard InChI is InChI=1S/C30H28ClFN4O6/c1-35(29(40)41)21-10-8-19(9-11-21)26(37)33-24(14-18-6-3-2-4-7-18)27(38)36-13-5-12-30(17-36)22-15-20(31)16-23(32)25(22)34-28(39)42-30/h2-4,6-11,15-16,24H,5,12-14,17H2,1H3,(H,33,37)(H,34,39)(H,40,41)/t24-,30-/m0/s1. The Morgan fingerprint density at radius 3 is 2.57 bits per heavy atom. The molecule has 1 fully saturated rings. The van der Waals surface area contributed by atoms with Crippen molar-refractivity contribution >= 4 is 47.0 Å². The summed E-state index contributed by atoms with van der Waals surface area (Å²) in [6.07, 6.45) is -0.982. The van der Waals surface area contributed by atoms with Gasteiger partial charge in [0.05, 0.1) is 12.2 Å². The van der Waals surface area contributed by atoms with Crippen LogP contribution in [0.1, 0.15) is 34.3 Å². The molecule has 3 aromatic rings. The van der Waals surface area contributed by atoms with Crippen LogP contribution in [0.2, 0.25) is 5.02 Å². The van der Waals surface area contributed by atoms with Crippen molar-refractivity contribution in [2.45, 2.75) is 30.9 Å². The molecule has 0 aromatic heterocycles. The molecule has 10 nitrogen and oxygen atoms in total. The van der Waals surface area contributed by atoms with Crippen LogP contribution in [0.5, 0.6) is 0 Å². The lowest BCUT2D eigenvalue weighted by Gasteiger charge is -2.45. The summed E-state index contributed by atoms with van der Waals surface area (Å²) in [5.74, 6) is -1.62. The van der Waals surface area contributed by atoms with Gasteiger partial charge in [0.1, 0.15) is 11.9 Å². The van der Waals surface area contributed by atoms with Crippen molar-refractivity contribution in [3.63, 3.8) is 0 Å². The number of carboxylic acid groups (broad SMARTS) is 1. The van der Waals surface area contributed by atoms with Gasteiger partial charge in [-0.05, 0) is 54.8 Å². The van der Waals surface area contributed by atoms with Crippen LogP contribution in [0.4, 0.5) is 25.4 Å². The monoisotopic (exact) mass is 594 g/mol. The van der Waals surface area contributed by atoms with E-state index in [9.17, 15) is 28.7 Å². The van der Waals surface area contributed by atoms with Gasteiger partial charge in [0, 0.05) is 41.9 Å². The van der Waals surface area contributed by atoms with E-state index in [0.717, 1.165) is 16.5 Å². The van der Waals surface area contributed by atoms with Gasteiger partial charge in [-0.25, -0.2) is 14.0 Å². The Labute approximate surface area is 246 Å². The molecule has 3 N–H and O–H groups in total. The number of benzene rings is 3. The Morgan fingerprint density at radius 1 is 1.17 bits per heavy atom. The SMILES string of the molecule is CN(C(=O)O)c1ccc(C(=O)N[C@@H](Cc2ccccc2)C(=O)N2CCC[C@@]3(C2)OC(=O)Nc2c(F)cc(Cl)cc23)cc1. The largest absolute Gasteiger partial charge is 0.465 e. The number of ether oxygens (including phenoxy) is 1. The van der Waals surface area contributed by atoms with E-state index in [4.69, 9.17) is 16.3 Å². The average Bonchev–Trinajstić information content (AvgIpc) is 2.97. The van der Waals surface area contributed by atoms with Crippen LogP contribution >= 0.6 is 11.6 Å². The number of rotatable bonds is 6. The number of anilines is 2. The Morgan fingerprint density at radius 2 is 1.88 bits per heavy atom. The lowest BCUT2D eigenvalue weighted by Crippen LogP contribution is -2.57. The van der Waals surface area contributed by atoms with Crippen LogP contribution in [-0.4, -0.2) is 60.2 Å². The average molecular weight is 595 g/mol. The van der Waals surface area contributed by atoms with E-state index in [2.05, 4.69) is 10.6 Å². The summed E-state index contributed by atoms with van der Waals surface area (Å²) in [6, 6.07) is 16.8. The van der Waals surface area contributed by atoms with Crippen molar-refractivity contribution in [3.8, 4) is 0 Å². The van der Waals surface area contributed by atoms with Gasteiger partial charge in [0.15, 0.2) is 5.60 Å². The maximum atomic E-state index is 14.8. The minimum Gasteiger partial charge on any atom is -0.465 e. The molecule has 0 aliphatic carbocycles. The normalized spacial score (nSPS) is 18.4. The first kappa shape index (κ1) is 28.9. The Balaban J connectivity index is 1.41. The van der Waals surface area contributed by atoms with E-state index < -0.39 is 41.5 Å². The molecule has 1 saturated heterocycles. The van der Waals surface area contributed by atoms with Gasteiger partial charge in [-0.3, -0.25) is 19.8 Å². The topological polar surface area (TPSA) is 128 Å². The van der Waals surface area contributed by atoms with Crippen LogP contribution in [0, 0.1) is 5.82 Å².